The number of carboxylic acids is 1. The van der Waals surface area contributed by atoms with Crippen LogP contribution in [0.15, 0.2) is 4.52 Å². The second-order valence-electron chi connectivity index (χ2n) is 5.46. The van der Waals surface area contributed by atoms with Gasteiger partial charge >= 0.3 is 5.97 Å². The molecule has 104 valence electrons. The molecular weight excluding hydrogens is 248 g/mol. The highest BCUT2D eigenvalue weighted by Gasteiger charge is 2.37. The summed E-state index contributed by atoms with van der Waals surface area (Å²) in [4.78, 5) is 15.6. The summed E-state index contributed by atoms with van der Waals surface area (Å²) in [6, 6.07) is 0. The number of carboxylic acid groups (broad SMARTS) is 1. The molecule has 0 radical (unpaired) electrons. The summed E-state index contributed by atoms with van der Waals surface area (Å²) in [5.74, 6) is 0.401. The number of ether oxygens (including phenoxy) is 1. The van der Waals surface area contributed by atoms with Crippen molar-refractivity contribution in [2.45, 2.75) is 38.0 Å². The largest absolute Gasteiger partial charge is 0.481 e. The zero-order valence-corrected chi connectivity index (χ0v) is 10.7. The van der Waals surface area contributed by atoms with Gasteiger partial charge in [0.2, 0.25) is 5.89 Å². The predicted molar refractivity (Wildman–Crippen MR) is 64.6 cm³/mol. The first-order valence-electron chi connectivity index (χ1n) is 6.87. The zero-order chi connectivity index (χ0) is 13.2. The molecule has 2 heterocycles. The van der Waals surface area contributed by atoms with Gasteiger partial charge in [0.15, 0.2) is 5.82 Å². The third-order valence-electron chi connectivity index (χ3n) is 4.13. The number of hydrogen-bond acceptors (Lipinski definition) is 5. The molecular formula is C13H18N2O4. The lowest BCUT2D eigenvalue weighted by Crippen LogP contribution is -2.17. The van der Waals surface area contributed by atoms with Gasteiger partial charge in [-0.15, -0.1) is 0 Å². The predicted octanol–water partition coefficient (Wildman–Crippen LogP) is 1.62. The minimum Gasteiger partial charge on any atom is -0.481 e. The summed E-state index contributed by atoms with van der Waals surface area (Å²) in [6.07, 6.45) is 4.23. The average molecular weight is 266 g/mol. The SMILES string of the molecule is O=C(O)C1CCCC1c1nc(CC2CCOC2)no1. The Morgan fingerprint density at radius 1 is 1.37 bits per heavy atom. The monoisotopic (exact) mass is 266 g/mol. The van der Waals surface area contributed by atoms with E-state index >= 15 is 0 Å². The maximum atomic E-state index is 11.2. The van der Waals surface area contributed by atoms with Gasteiger partial charge in [-0.05, 0) is 25.2 Å². The van der Waals surface area contributed by atoms with Crippen molar-refractivity contribution in [3.8, 4) is 0 Å². The van der Waals surface area contributed by atoms with Crippen LogP contribution in [0.5, 0.6) is 0 Å². The summed E-state index contributed by atoms with van der Waals surface area (Å²) in [5, 5.41) is 13.2. The van der Waals surface area contributed by atoms with Crippen molar-refractivity contribution >= 4 is 5.97 Å². The van der Waals surface area contributed by atoms with Crippen LogP contribution in [0.25, 0.3) is 0 Å². The summed E-state index contributed by atoms with van der Waals surface area (Å²) < 4.78 is 10.6. The molecule has 1 aromatic heterocycles. The molecule has 3 unspecified atom stereocenters. The molecule has 1 saturated heterocycles. The fraction of sp³-hybridized carbons (Fsp3) is 0.769. The number of rotatable bonds is 4. The molecule has 3 rings (SSSR count). The van der Waals surface area contributed by atoms with Crippen molar-refractivity contribution in [3.05, 3.63) is 11.7 Å². The molecule has 1 aromatic rings. The fourth-order valence-electron chi connectivity index (χ4n) is 3.05. The smallest absolute Gasteiger partial charge is 0.307 e. The van der Waals surface area contributed by atoms with E-state index in [1.807, 2.05) is 0 Å². The topological polar surface area (TPSA) is 85.5 Å². The van der Waals surface area contributed by atoms with Crippen molar-refractivity contribution in [1.29, 1.82) is 0 Å². The van der Waals surface area contributed by atoms with Crippen LogP contribution in [0.3, 0.4) is 0 Å². The highest BCUT2D eigenvalue weighted by atomic mass is 16.5. The van der Waals surface area contributed by atoms with Crippen LogP contribution in [0.2, 0.25) is 0 Å². The van der Waals surface area contributed by atoms with E-state index in [-0.39, 0.29) is 11.8 Å². The van der Waals surface area contributed by atoms with Gasteiger partial charge in [-0.25, -0.2) is 0 Å². The third-order valence-corrected chi connectivity index (χ3v) is 4.13. The molecule has 1 saturated carbocycles. The molecule has 0 spiro atoms. The summed E-state index contributed by atoms with van der Waals surface area (Å²) in [5.41, 5.74) is 0. The zero-order valence-electron chi connectivity index (χ0n) is 10.7. The molecule has 1 N–H and O–H groups in total. The van der Waals surface area contributed by atoms with Crippen LogP contribution in [0, 0.1) is 11.8 Å². The van der Waals surface area contributed by atoms with Crippen molar-refractivity contribution in [2.75, 3.05) is 13.2 Å². The normalized spacial score (nSPS) is 30.8. The van der Waals surface area contributed by atoms with E-state index < -0.39 is 5.97 Å². The van der Waals surface area contributed by atoms with E-state index in [4.69, 9.17) is 9.26 Å². The average Bonchev–Trinajstić information content (AvgIpc) is 3.09. The fourth-order valence-corrected chi connectivity index (χ4v) is 3.05. The maximum absolute atomic E-state index is 11.2. The lowest BCUT2D eigenvalue weighted by atomic mass is 9.96. The second kappa shape index (κ2) is 5.28. The first-order valence-corrected chi connectivity index (χ1v) is 6.87. The summed E-state index contributed by atoms with van der Waals surface area (Å²) in [6.45, 7) is 1.56. The molecule has 0 amide bonds. The number of hydrogen-bond donors (Lipinski definition) is 1. The maximum Gasteiger partial charge on any atom is 0.307 e. The Hall–Kier alpha value is -1.43. The lowest BCUT2D eigenvalue weighted by Gasteiger charge is -2.10. The van der Waals surface area contributed by atoms with Crippen LogP contribution in [-0.4, -0.2) is 34.4 Å². The first kappa shape index (κ1) is 12.6. The Morgan fingerprint density at radius 2 is 2.26 bits per heavy atom. The van der Waals surface area contributed by atoms with E-state index in [1.165, 1.54) is 0 Å². The van der Waals surface area contributed by atoms with Crippen LogP contribution in [0.4, 0.5) is 0 Å². The first-order chi connectivity index (χ1) is 9.24. The van der Waals surface area contributed by atoms with E-state index in [0.29, 0.717) is 24.1 Å². The van der Waals surface area contributed by atoms with Gasteiger partial charge in [-0.3, -0.25) is 4.79 Å². The Balaban J connectivity index is 1.68. The van der Waals surface area contributed by atoms with Crippen LogP contribution in [0.1, 0.15) is 43.3 Å². The molecule has 19 heavy (non-hydrogen) atoms. The Labute approximate surface area is 111 Å². The molecule has 0 bridgehead atoms. The number of carbonyl (C=O) groups is 1. The Bertz CT molecular complexity index is 453. The summed E-state index contributed by atoms with van der Waals surface area (Å²) >= 11 is 0. The highest BCUT2D eigenvalue weighted by molar-refractivity contribution is 5.71. The van der Waals surface area contributed by atoms with Crippen molar-refractivity contribution in [1.82, 2.24) is 10.1 Å². The van der Waals surface area contributed by atoms with Crippen molar-refractivity contribution in [2.24, 2.45) is 11.8 Å². The number of nitrogens with zero attached hydrogens (tertiary/aromatic N) is 2. The number of aromatic nitrogens is 2. The minimum absolute atomic E-state index is 0.112. The van der Waals surface area contributed by atoms with Crippen LogP contribution >= 0.6 is 0 Å². The van der Waals surface area contributed by atoms with E-state index in [1.54, 1.807) is 0 Å². The lowest BCUT2D eigenvalue weighted by molar-refractivity contribution is -0.142. The van der Waals surface area contributed by atoms with Gasteiger partial charge in [-0.2, -0.15) is 4.98 Å². The molecule has 0 aromatic carbocycles. The van der Waals surface area contributed by atoms with E-state index in [2.05, 4.69) is 10.1 Å². The standard InChI is InChI=1S/C13H18N2O4/c16-13(17)10-3-1-2-9(10)12-14-11(15-19-12)6-8-4-5-18-7-8/h8-10H,1-7H2,(H,16,17). The number of aliphatic carboxylic acids is 1. The highest BCUT2D eigenvalue weighted by Crippen LogP contribution is 2.39. The van der Waals surface area contributed by atoms with Gasteiger partial charge in [0, 0.05) is 19.6 Å². The van der Waals surface area contributed by atoms with Crippen molar-refractivity contribution in [3.63, 3.8) is 0 Å². The second-order valence-corrected chi connectivity index (χ2v) is 5.46. The van der Waals surface area contributed by atoms with Gasteiger partial charge in [0.05, 0.1) is 11.8 Å². The molecule has 2 aliphatic rings. The molecule has 6 heteroatoms. The van der Waals surface area contributed by atoms with Gasteiger partial charge in [0.1, 0.15) is 0 Å². The minimum atomic E-state index is -0.758. The summed E-state index contributed by atoms with van der Waals surface area (Å²) in [7, 11) is 0. The Kier molecular flexibility index (Phi) is 3.50. The third kappa shape index (κ3) is 2.63. The van der Waals surface area contributed by atoms with Crippen LogP contribution < -0.4 is 0 Å². The van der Waals surface area contributed by atoms with E-state index in [9.17, 15) is 9.90 Å². The van der Waals surface area contributed by atoms with Gasteiger partial charge in [-0.1, -0.05) is 11.6 Å². The van der Waals surface area contributed by atoms with Gasteiger partial charge in [0.25, 0.3) is 0 Å². The molecule has 3 atom stereocenters. The Morgan fingerprint density at radius 3 is 3.00 bits per heavy atom. The van der Waals surface area contributed by atoms with Gasteiger partial charge < -0.3 is 14.4 Å². The molecule has 1 aliphatic heterocycles. The van der Waals surface area contributed by atoms with E-state index in [0.717, 1.165) is 38.9 Å². The quantitative estimate of drug-likeness (QED) is 0.891. The molecule has 1 aliphatic carbocycles. The molecule has 2 fully saturated rings. The van der Waals surface area contributed by atoms with Crippen LogP contribution in [-0.2, 0) is 16.0 Å². The molecule has 6 nitrogen and oxygen atoms in total. The van der Waals surface area contributed by atoms with Crippen molar-refractivity contribution < 1.29 is 19.2 Å².